The molecule has 116 valence electrons. The van der Waals surface area contributed by atoms with Gasteiger partial charge in [-0.05, 0) is 25.1 Å². The van der Waals surface area contributed by atoms with Crippen LogP contribution in [0.3, 0.4) is 0 Å². The maximum atomic E-state index is 12.4. The van der Waals surface area contributed by atoms with Gasteiger partial charge < -0.3 is 14.8 Å². The number of amides is 1. The summed E-state index contributed by atoms with van der Waals surface area (Å²) in [5.74, 6) is -0.440. The molecule has 0 aliphatic carbocycles. The van der Waals surface area contributed by atoms with Crippen LogP contribution in [0, 0.1) is 12.3 Å². The number of fused-ring (bicyclic) bond motifs is 1. The van der Waals surface area contributed by atoms with E-state index in [1.165, 1.54) is 6.20 Å². The molecule has 0 unspecified atom stereocenters. The maximum Gasteiger partial charge on any atom is 0.261 e. The Hall–Kier alpha value is -2.99. The Morgan fingerprint density at radius 1 is 1.35 bits per heavy atom. The summed E-state index contributed by atoms with van der Waals surface area (Å²) >= 11 is 0. The minimum Gasteiger partial charge on any atom is -0.436 e. The zero-order valence-corrected chi connectivity index (χ0v) is 12.5. The van der Waals surface area contributed by atoms with Crippen molar-refractivity contribution in [3.05, 3.63) is 65.0 Å². The van der Waals surface area contributed by atoms with E-state index in [1.54, 1.807) is 37.3 Å². The molecular formula is C17H15N3O3. The van der Waals surface area contributed by atoms with Crippen molar-refractivity contribution >= 4 is 22.6 Å². The monoisotopic (exact) mass is 309 g/mol. The normalized spacial score (nSPS) is 10.7. The highest BCUT2D eigenvalue weighted by Crippen LogP contribution is 2.21. The molecule has 0 atom stereocenters. The molecular weight excluding hydrogens is 294 g/mol. The van der Waals surface area contributed by atoms with Gasteiger partial charge in [0.25, 0.3) is 5.91 Å². The van der Waals surface area contributed by atoms with E-state index in [1.807, 2.05) is 6.07 Å². The molecule has 3 rings (SSSR count). The number of rotatable bonds is 3. The summed E-state index contributed by atoms with van der Waals surface area (Å²) in [7, 11) is 0. The third-order valence-corrected chi connectivity index (χ3v) is 3.52. The molecule has 23 heavy (non-hydrogen) atoms. The van der Waals surface area contributed by atoms with E-state index in [-0.39, 0.29) is 17.7 Å². The van der Waals surface area contributed by atoms with E-state index in [0.717, 1.165) is 0 Å². The molecule has 0 aliphatic heterocycles. The SMILES string of the molecule is Cc1ncc(CO)c2cc(C(=O)Nc3ccccc3)c(=N)oc12. The number of aryl methyl sites for hydroxylation is 1. The summed E-state index contributed by atoms with van der Waals surface area (Å²) < 4.78 is 5.46. The average molecular weight is 309 g/mol. The molecule has 0 aliphatic rings. The molecule has 0 saturated heterocycles. The summed E-state index contributed by atoms with van der Waals surface area (Å²) in [5.41, 5.74) is 2.03. The van der Waals surface area contributed by atoms with Crippen molar-refractivity contribution < 1.29 is 14.3 Å². The Morgan fingerprint density at radius 3 is 2.78 bits per heavy atom. The Kier molecular flexibility index (Phi) is 3.91. The van der Waals surface area contributed by atoms with Gasteiger partial charge in [-0.2, -0.15) is 0 Å². The molecule has 6 nitrogen and oxygen atoms in total. The predicted octanol–water partition coefficient (Wildman–Crippen LogP) is 2.36. The van der Waals surface area contributed by atoms with E-state index in [4.69, 9.17) is 9.83 Å². The van der Waals surface area contributed by atoms with Crippen LogP contribution in [0.25, 0.3) is 11.0 Å². The number of aromatic nitrogens is 1. The van der Waals surface area contributed by atoms with Gasteiger partial charge in [0.2, 0.25) is 5.55 Å². The number of aliphatic hydroxyl groups is 1. The van der Waals surface area contributed by atoms with Gasteiger partial charge in [-0.3, -0.25) is 15.2 Å². The number of hydrogen-bond donors (Lipinski definition) is 3. The molecule has 1 amide bonds. The number of pyridine rings is 1. The fourth-order valence-corrected chi connectivity index (χ4v) is 2.31. The quantitative estimate of drug-likeness (QED) is 0.691. The second kappa shape index (κ2) is 6.02. The van der Waals surface area contributed by atoms with Crippen LogP contribution in [0.4, 0.5) is 5.69 Å². The molecule has 0 fully saturated rings. The fraction of sp³-hybridized carbons (Fsp3) is 0.118. The highest BCUT2D eigenvalue weighted by Gasteiger charge is 2.15. The smallest absolute Gasteiger partial charge is 0.261 e. The van der Waals surface area contributed by atoms with Crippen LogP contribution < -0.4 is 10.9 Å². The van der Waals surface area contributed by atoms with Crippen LogP contribution in [0.15, 0.2) is 47.0 Å². The van der Waals surface area contributed by atoms with Gasteiger partial charge in [0, 0.05) is 22.8 Å². The second-order valence-corrected chi connectivity index (χ2v) is 5.08. The van der Waals surface area contributed by atoms with Crippen LogP contribution in [0.5, 0.6) is 0 Å². The average Bonchev–Trinajstić information content (AvgIpc) is 2.56. The first kappa shape index (κ1) is 14.9. The van der Waals surface area contributed by atoms with Crippen molar-refractivity contribution in [2.24, 2.45) is 0 Å². The Morgan fingerprint density at radius 2 is 2.09 bits per heavy atom. The van der Waals surface area contributed by atoms with E-state index in [9.17, 15) is 9.90 Å². The van der Waals surface area contributed by atoms with E-state index < -0.39 is 5.91 Å². The minimum atomic E-state index is -0.440. The van der Waals surface area contributed by atoms with Crippen molar-refractivity contribution in [1.29, 1.82) is 5.41 Å². The van der Waals surface area contributed by atoms with Gasteiger partial charge in [0.1, 0.15) is 5.56 Å². The van der Waals surface area contributed by atoms with Crippen molar-refractivity contribution in [3.63, 3.8) is 0 Å². The molecule has 0 saturated carbocycles. The predicted molar refractivity (Wildman–Crippen MR) is 84.9 cm³/mol. The molecule has 0 spiro atoms. The summed E-state index contributed by atoms with van der Waals surface area (Å²) in [4.78, 5) is 16.5. The number of aliphatic hydroxyl groups excluding tert-OH is 1. The molecule has 3 aromatic rings. The highest BCUT2D eigenvalue weighted by atomic mass is 16.3. The van der Waals surface area contributed by atoms with Crippen LogP contribution in [0.1, 0.15) is 21.6 Å². The molecule has 2 heterocycles. The van der Waals surface area contributed by atoms with E-state index in [0.29, 0.717) is 27.9 Å². The first-order valence-electron chi connectivity index (χ1n) is 7.04. The van der Waals surface area contributed by atoms with Crippen molar-refractivity contribution in [1.82, 2.24) is 4.98 Å². The second-order valence-electron chi connectivity index (χ2n) is 5.08. The standard InChI is InChI=1S/C17H15N3O3/c1-10-15-13(11(9-21)8-19-10)7-14(16(18)23-15)17(22)20-12-5-3-2-4-6-12/h2-8,18,21H,9H2,1H3,(H,20,22). The first-order chi connectivity index (χ1) is 11.1. The number of nitrogens with one attached hydrogen (secondary N) is 2. The zero-order valence-electron chi connectivity index (χ0n) is 12.5. The number of carbonyl (C=O) groups is 1. The Bertz CT molecular complexity index is 933. The van der Waals surface area contributed by atoms with Crippen molar-refractivity contribution in [2.75, 3.05) is 5.32 Å². The lowest BCUT2D eigenvalue weighted by molar-refractivity contribution is 0.102. The molecule has 3 N–H and O–H groups in total. The van der Waals surface area contributed by atoms with Gasteiger partial charge >= 0.3 is 0 Å². The van der Waals surface area contributed by atoms with Gasteiger partial charge in [-0.15, -0.1) is 0 Å². The largest absolute Gasteiger partial charge is 0.436 e. The Balaban J connectivity index is 2.09. The molecule has 6 heteroatoms. The minimum absolute atomic E-state index is 0.0988. The number of carbonyl (C=O) groups excluding carboxylic acids is 1. The van der Waals surface area contributed by atoms with Crippen molar-refractivity contribution in [2.45, 2.75) is 13.5 Å². The molecule has 0 radical (unpaired) electrons. The number of hydrogen-bond acceptors (Lipinski definition) is 5. The van der Waals surface area contributed by atoms with Gasteiger partial charge in [0.15, 0.2) is 5.58 Å². The number of nitrogens with zero attached hydrogens (tertiary/aromatic N) is 1. The van der Waals surface area contributed by atoms with Gasteiger partial charge in [-0.25, -0.2) is 0 Å². The summed E-state index contributed by atoms with van der Waals surface area (Å²) in [6, 6.07) is 10.5. The third kappa shape index (κ3) is 2.84. The highest BCUT2D eigenvalue weighted by molar-refractivity contribution is 6.05. The van der Waals surface area contributed by atoms with Gasteiger partial charge in [0.05, 0.1) is 12.3 Å². The van der Waals surface area contributed by atoms with Crippen LogP contribution >= 0.6 is 0 Å². The third-order valence-electron chi connectivity index (χ3n) is 3.52. The van der Waals surface area contributed by atoms with Gasteiger partial charge in [-0.1, -0.05) is 18.2 Å². The fourth-order valence-electron chi connectivity index (χ4n) is 2.31. The molecule has 2 aromatic heterocycles. The first-order valence-corrected chi connectivity index (χ1v) is 7.04. The van der Waals surface area contributed by atoms with E-state index in [2.05, 4.69) is 10.3 Å². The lowest BCUT2D eigenvalue weighted by Gasteiger charge is -2.09. The summed E-state index contributed by atoms with van der Waals surface area (Å²) in [6.45, 7) is 1.52. The van der Waals surface area contributed by atoms with Crippen LogP contribution in [-0.4, -0.2) is 16.0 Å². The number of anilines is 1. The lowest BCUT2D eigenvalue weighted by Crippen LogP contribution is -2.21. The Labute approximate surface area is 131 Å². The number of para-hydroxylation sites is 1. The maximum absolute atomic E-state index is 12.4. The van der Waals surface area contributed by atoms with Crippen LogP contribution in [0.2, 0.25) is 0 Å². The van der Waals surface area contributed by atoms with Crippen molar-refractivity contribution in [3.8, 4) is 0 Å². The van der Waals surface area contributed by atoms with E-state index >= 15 is 0 Å². The summed E-state index contributed by atoms with van der Waals surface area (Å²) in [6.07, 6.45) is 1.54. The topological polar surface area (TPSA) is 99.2 Å². The lowest BCUT2D eigenvalue weighted by atomic mass is 10.1. The molecule has 0 bridgehead atoms. The molecule has 1 aromatic carbocycles. The van der Waals surface area contributed by atoms with Crippen LogP contribution in [-0.2, 0) is 6.61 Å². The summed E-state index contributed by atoms with van der Waals surface area (Å²) in [5, 5.41) is 20.7. The number of benzene rings is 1. The zero-order chi connectivity index (χ0) is 16.4.